The van der Waals surface area contributed by atoms with Crippen LogP contribution in [0.5, 0.6) is 0 Å². The van der Waals surface area contributed by atoms with Crippen molar-refractivity contribution in [3.8, 4) is 6.07 Å². The summed E-state index contributed by atoms with van der Waals surface area (Å²) in [6, 6.07) is 9.75. The molecule has 0 saturated heterocycles. The van der Waals surface area contributed by atoms with Gasteiger partial charge in [0, 0.05) is 19.7 Å². The average Bonchev–Trinajstić information content (AvgIpc) is 2.46. The van der Waals surface area contributed by atoms with Gasteiger partial charge in [0.1, 0.15) is 0 Å². The number of hydrogen-bond donors (Lipinski definition) is 2. The predicted octanol–water partition coefficient (Wildman–Crippen LogP) is 1.65. The van der Waals surface area contributed by atoms with Gasteiger partial charge in [-0.25, -0.2) is 4.99 Å². The fourth-order valence-electron chi connectivity index (χ4n) is 1.70. The molecule has 1 atom stereocenters. The summed E-state index contributed by atoms with van der Waals surface area (Å²) < 4.78 is 5.10. The van der Waals surface area contributed by atoms with Crippen LogP contribution < -0.4 is 10.6 Å². The summed E-state index contributed by atoms with van der Waals surface area (Å²) in [4.78, 5) is 4.52. The number of rotatable bonds is 6. The molecule has 0 bridgehead atoms. The molecule has 1 rings (SSSR count). The molecule has 0 aliphatic carbocycles. The lowest BCUT2D eigenvalue weighted by Crippen LogP contribution is -2.43. The molecule has 0 fully saturated rings. The zero-order valence-corrected chi connectivity index (χ0v) is 12.3. The number of guanidine groups is 1. The Balaban J connectivity index is 2.63. The summed E-state index contributed by atoms with van der Waals surface area (Å²) >= 11 is 0. The first-order chi connectivity index (χ1) is 9.69. The molecule has 1 unspecified atom stereocenters. The second kappa shape index (κ2) is 8.94. The van der Waals surface area contributed by atoms with E-state index in [-0.39, 0.29) is 6.04 Å². The van der Waals surface area contributed by atoms with Crippen LogP contribution in [0, 0.1) is 11.3 Å². The van der Waals surface area contributed by atoms with E-state index in [1.54, 1.807) is 19.2 Å². The first kappa shape index (κ1) is 16.0. The number of nitrogens with zero attached hydrogens (tertiary/aromatic N) is 2. The maximum atomic E-state index is 8.76. The van der Waals surface area contributed by atoms with Crippen LogP contribution in [-0.2, 0) is 11.3 Å². The molecule has 0 radical (unpaired) electrons. The van der Waals surface area contributed by atoms with Gasteiger partial charge in [-0.3, -0.25) is 0 Å². The second-order valence-corrected chi connectivity index (χ2v) is 4.50. The van der Waals surface area contributed by atoms with Gasteiger partial charge >= 0.3 is 0 Å². The van der Waals surface area contributed by atoms with Crippen LogP contribution in [0.4, 0.5) is 0 Å². The van der Waals surface area contributed by atoms with Crippen LogP contribution >= 0.6 is 0 Å². The van der Waals surface area contributed by atoms with Gasteiger partial charge in [0.15, 0.2) is 5.96 Å². The zero-order chi connectivity index (χ0) is 14.8. The number of methoxy groups -OCH3 is 1. The Kier molecular flexibility index (Phi) is 7.15. The Hall–Kier alpha value is -2.06. The van der Waals surface area contributed by atoms with E-state index < -0.39 is 0 Å². The van der Waals surface area contributed by atoms with Gasteiger partial charge in [-0.1, -0.05) is 12.1 Å². The number of benzene rings is 1. The van der Waals surface area contributed by atoms with E-state index in [1.165, 1.54) is 0 Å². The van der Waals surface area contributed by atoms with Gasteiger partial charge < -0.3 is 15.4 Å². The normalized spacial score (nSPS) is 12.6. The molecule has 5 nitrogen and oxygen atoms in total. The van der Waals surface area contributed by atoms with Gasteiger partial charge in [0.05, 0.1) is 24.8 Å². The monoisotopic (exact) mass is 274 g/mol. The molecule has 108 valence electrons. The Morgan fingerprint density at radius 2 is 2.10 bits per heavy atom. The third-order valence-electron chi connectivity index (χ3n) is 2.65. The maximum Gasteiger partial charge on any atom is 0.191 e. The van der Waals surface area contributed by atoms with Crippen LogP contribution in [0.25, 0.3) is 0 Å². The van der Waals surface area contributed by atoms with Gasteiger partial charge in [-0.05, 0) is 31.5 Å². The van der Waals surface area contributed by atoms with Crippen molar-refractivity contribution in [3.05, 3.63) is 35.4 Å². The number of hydrogen-bond acceptors (Lipinski definition) is 3. The third-order valence-corrected chi connectivity index (χ3v) is 2.65. The van der Waals surface area contributed by atoms with Crippen molar-refractivity contribution >= 4 is 5.96 Å². The van der Waals surface area contributed by atoms with Crippen LogP contribution in [0.3, 0.4) is 0 Å². The molecule has 0 saturated carbocycles. The number of nitrogens with one attached hydrogen (secondary N) is 2. The molecule has 5 heteroatoms. The molecular weight excluding hydrogens is 252 g/mol. The Morgan fingerprint density at radius 1 is 1.40 bits per heavy atom. The molecule has 0 heterocycles. The number of nitriles is 1. The third kappa shape index (κ3) is 5.72. The minimum atomic E-state index is 0.193. The molecule has 1 aromatic rings. The van der Waals surface area contributed by atoms with E-state index in [0.717, 1.165) is 18.1 Å². The first-order valence-corrected chi connectivity index (χ1v) is 6.72. The highest BCUT2D eigenvalue weighted by Gasteiger charge is 2.04. The van der Waals surface area contributed by atoms with Crippen LogP contribution in [0.2, 0.25) is 0 Å². The van der Waals surface area contributed by atoms with Crippen molar-refractivity contribution in [1.82, 2.24) is 10.6 Å². The summed E-state index contributed by atoms with van der Waals surface area (Å²) in [6.07, 6.45) is 0. The largest absolute Gasteiger partial charge is 0.383 e. The Labute approximate surface area is 120 Å². The topological polar surface area (TPSA) is 69.4 Å². The first-order valence-electron chi connectivity index (χ1n) is 6.72. The lowest BCUT2D eigenvalue weighted by molar-refractivity contribution is 0.179. The highest BCUT2D eigenvalue weighted by atomic mass is 16.5. The SMILES string of the molecule is CCNC(=NCc1ccc(C#N)cc1)NC(C)COC. The summed E-state index contributed by atoms with van der Waals surface area (Å²) in [6.45, 7) is 6.07. The van der Waals surface area contributed by atoms with Gasteiger partial charge in [0.25, 0.3) is 0 Å². The van der Waals surface area contributed by atoms with Crippen molar-refractivity contribution in [2.75, 3.05) is 20.3 Å². The van der Waals surface area contributed by atoms with Crippen LogP contribution in [0.15, 0.2) is 29.3 Å². The van der Waals surface area contributed by atoms with Crippen molar-refractivity contribution in [1.29, 1.82) is 5.26 Å². The average molecular weight is 274 g/mol. The lowest BCUT2D eigenvalue weighted by Gasteiger charge is -2.16. The molecule has 0 aliphatic heterocycles. The van der Waals surface area contributed by atoms with E-state index in [0.29, 0.717) is 18.7 Å². The molecule has 2 N–H and O–H groups in total. The Bertz CT molecular complexity index is 462. The highest BCUT2D eigenvalue weighted by molar-refractivity contribution is 5.80. The molecule has 0 amide bonds. The lowest BCUT2D eigenvalue weighted by atomic mass is 10.1. The van der Waals surface area contributed by atoms with Crippen molar-refractivity contribution in [3.63, 3.8) is 0 Å². The molecule has 0 aliphatic rings. The molecule has 0 aromatic heterocycles. The van der Waals surface area contributed by atoms with Crippen molar-refractivity contribution < 1.29 is 4.74 Å². The van der Waals surface area contributed by atoms with Crippen LogP contribution in [0.1, 0.15) is 25.0 Å². The predicted molar refractivity (Wildman–Crippen MR) is 80.4 cm³/mol. The quantitative estimate of drug-likeness (QED) is 0.611. The van der Waals surface area contributed by atoms with Crippen LogP contribution in [-0.4, -0.2) is 32.3 Å². The van der Waals surface area contributed by atoms with E-state index in [1.807, 2.05) is 26.0 Å². The fraction of sp³-hybridized carbons (Fsp3) is 0.467. The minimum absolute atomic E-state index is 0.193. The summed E-state index contributed by atoms with van der Waals surface area (Å²) in [7, 11) is 1.68. The molecule has 0 spiro atoms. The summed E-state index contributed by atoms with van der Waals surface area (Å²) in [5.74, 6) is 0.765. The number of aliphatic imine (C=N–C) groups is 1. The zero-order valence-electron chi connectivity index (χ0n) is 12.3. The summed E-state index contributed by atoms with van der Waals surface area (Å²) in [5.41, 5.74) is 1.73. The highest BCUT2D eigenvalue weighted by Crippen LogP contribution is 2.04. The van der Waals surface area contributed by atoms with E-state index in [2.05, 4.69) is 21.7 Å². The van der Waals surface area contributed by atoms with Gasteiger partial charge in [0.2, 0.25) is 0 Å². The molecular formula is C15H22N4O. The standard InChI is InChI=1S/C15H22N4O/c1-4-17-15(19-12(2)11-20-3)18-10-14-7-5-13(9-16)6-8-14/h5-8,12H,4,10-11H2,1-3H3,(H2,17,18,19). The second-order valence-electron chi connectivity index (χ2n) is 4.50. The Morgan fingerprint density at radius 3 is 2.65 bits per heavy atom. The van der Waals surface area contributed by atoms with Crippen molar-refractivity contribution in [2.24, 2.45) is 4.99 Å². The van der Waals surface area contributed by atoms with Crippen molar-refractivity contribution in [2.45, 2.75) is 26.4 Å². The smallest absolute Gasteiger partial charge is 0.191 e. The summed E-state index contributed by atoms with van der Waals surface area (Å²) in [5, 5.41) is 15.2. The van der Waals surface area contributed by atoms with Gasteiger partial charge in [-0.2, -0.15) is 5.26 Å². The fourth-order valence-corrected chi connectivity index (χ4v) is 1.70. The molecule has 20 heavy (non-hydrogen) atoms. The van der Waals surface area contributed by atoms with Gasteiger partial charge in [-0.15, -0.1) is 0 Å². The minimum Gasteiger partial charge on any atom is -0.383 e. The van der Waals surface area contributed by atoms with E-state index in [9.17, 15) is 0 Å². The van der Waals surface area contributed by atoms with E-state index in [4.69, 9.17) is 10.00 Å². The number of ether oxygens (including phenoxy) is 1. The molecule has 1 aromatic carbocycles. The maximum absolute atomic E-state index is 8.76. The van der Waals surface area contributed by atoms with E-state index >= 15 is 0 Å².